The maximum atomic E-state index is 9.89. The molecule has 0 aromatic heterocycles. The molecule has 0 amide bonds. The lowest BCUT2D eigenvalue weighted by molar-refractivity contribution is 0.0785. The second-order valence-electron chi connectivity index (χ2n) is 4.79. The van der Waals surface area contributed by atoms with Gasteiger partial charge in [-0.25, -0.2) is 0 Å². The van der Waals surface area contributed by atoms with Gasteiger partial charge in [0.25, 0.3) is 0 Å². The Balaban J connectivity index is 3.20. The van der Waals surface area contributed by atoms with Crippen LogP contribution in [0.2, 0.25) is 0 Å². The molecule has 1 rings (SSSR count). The maximum absolute atomic E-state index is 9.89. The Morgan fingerprint density at radius 3 is 2.21 bits per heavy atom. The Morgan fingerprint density at radius 1 is 1.21 bits per heavy atom. The van der Waals surface area contributed by atoms with Crippen LogP contribution in [-0.2, 0) is 5.60 Å². The van der Waals surface area contributed by atoms with Crippen molar-refractivity contribution in [2.24, 2.45) is 0 Å². The quantitative estimate of drug-likeness (QED) is 0.762. The fraction of sp³-hybridized carbons (Fsp3) is 0.538. The fourth-order valence-corrected chi connectivity index (χ4v) is 1.64. The Hall–Kier alpha value is -0.820. The second kappa shape index (κ2) is 3.74. The monoisotopic (exact) mass is 192 g/mol. The highest BCUT2D eigenvalue weighted by Crippen LogP contribution is 2.26. The summed E-state index contributed by atoms with van der Waals surface area (Å²) in [6, 6.07) is 6.20. The van der Waals surface area contributed by atoms with Gasteiger partial charge in [0, 0.05) is 0 Å². The van der Waals surface area contributed by atoms with E-state index in [1.807, 2.05) is 19.9 Å². The number of aliphatic hydroxyl groups is 1. The molecule has 0 aliphatic rings. The lowest BCUT2D eigenvalue weighted by Crippen LogP contribution is -2.16. The summed E-state index contributed by atoms with van der Waals surface area (Å²) in [5.74, 6) is 0.511. The molecule has 78 valence electrons. The van der Waals surface area contributed by atoms with Crippen molar-refractivity contribution < 1.29 is 5.11 Å². The zero-order valence-corrected chi connectivity index (χ0v) is 9.76. The zero-order valence-electron chi connectivity index (χ0n) is 9.76. The first kappa shape index (κ1) is 11.3. The standard InChI is InChI=1S/C13H20O/c1-9(2)12-8-11(13(4,5)14)7-6-10(12)3/h6-9,14H,1-5H3. The molecule has 14 heavy (non-hydrogen) atoms. The first-order valence-corrected chi connectivity index (χ1v) is 5.16. The van der Waals surface area contributed by atoms with Crippen LogP contribution < -0.4 is 0 Å². The van der Waals surface area contributed by atoms with Crippen LogP contribution in [0.1, 0.15) is 50.3 Å². The summed E-state index contributed by atoms with van der Waals surface area (Å²) >= 11 is 0. The SMILES string of the molecule is Cc1ccc(C(C)(C)O)cc1C(C)C. The van der Waals surface area contributed by atoms with Gasteiger partial charge in [0.1, 0.15) is 0 Å². The van der Waals surface area contributed by atoms with Crippen LogP contribution in [0.25, 0.3) is 0 Å². The number of rotatable bonds is 2. The molecule has 0 saturated carbocycles. The Morgan fingerprint density at radius 2 is 1.79 bits per heavy atom. The summed E-state index contributed by atoms with van der Waals surface area (Å²) in [6.45, 7) is 10.1. The van der Waals surface area contributed by atoms with Crippen LogP contribution >= 0.6 is 0 Å². The van der Waals surface area contributed by atoms with E-state index in [0.717, 1.165) is 5.56 Å². The number of aryl methyl sites for hydroxylation is 1. The van der Waals surface area contributed by atoms with Crippen molar-refractivity contribution >= 4 is 0 Å². The van der Waals surface area contributed by atoms with Crippen LogP contribution in [0, 0.1) is 6.92 Å². The Labute approximate surface area is 86.8 Å². The van der Waals surface area contributed by atoms with Crippen molar-refractivity contribution in [2.45, 2.75) is 46.1 Å². The van der Waals surface area contributed by atoms with Crippen LogP contribution in [0.15, 0.2) is 18.2 Å². The Kier molecular flexibility index (Phi) is 3.01. The molecule has 0 spiro atoms. The van der Waals surface area contributed by atoms with E-state index in [-0.39, 0.29) is 0 Å². The molecule has 0 atom stereocenters. The van der Waals surface area contributed by atoms with Crippen molar-refractivity contribution in [1.29, 1.82) is 0 Å². The molecule has 1 heteroatoms. The van der Waals surface area contributed by atoms with E-state index < -0.39 is 5.60 Å². The van der Waals surface area contributed by atoms with Crippen molar-refractivity contribution in [1.82, 2.24) is 0 Å². The first-order valence-electron chi connectivity index (χ1n) is 5.16. The van der Waals surface area contributed by atoms with Crippen LogP contribution in [0.3, 0.4) is 0 Å². The minimum absolute atomic E-state index is 0.511. The molecule has 0 unspecified atom stereocenters. The highest BCUT2D eigenvalue weighted by Gasteiger charge is 2.17. The second-order valence-corrected chi connectivity index (χ2v) is 4.79. The molecule has 0 heterocycles. The van der Waals surface area contributed by atoms with Gasteiger partial charge in [-0.1, -0.05) is 32.0 Å². The number of hydrogen-bond acceptors (Lipinski definition) is 1. The van der Waals surface area contributed by atoms with E-state index in [4.69, 9.17) is 0 Å². The lowest BCUT2D eigenvalue weighted by atomic mass is 9.90. The van der Waals surface area contributed by atoms with Crippen molar-refractivity contribution in [2.75, 3.05) is 0 Å². The van der Waals surface area contributed by atoms with Gasteiger partial charge in [-0.2, -0.15) is 0 Å². The van der Waals surface area contributed by atoms with Crippen LogP contribution in [0.4, 0.5) is 0 Å². The van der Waals surface area contributed by atoms with E-state index >= 15 is 0 Å². The summed E-state index contributed by atoms with van der Waals surface area (Å²) in [4.78, 5) is 0. The molecule has 1 aromatic rings. The minimum atomic E-state index is -0.739. The molecule has 1 nitrogen and oxygen atoms in total. The van der Waals surface area contributed by atoms with Crippen molar-refractivity contribution in [3.8, 4) is 0 Å². The van der Waals surface area contributed by atoms with E-state index in [2.05, 4.69) is 32.9 Å². The van der Waals surface area contributed by atoms with Gasteiger partial charge in [0.05, 0.1) is 5.60 Å². The predicted molar refractivity (Wildman–Crippen MR) is 60.5 cm³/mol. The molecule has 0 fully saturated rings. The number of hydrogen-bond donors (Lipinski definition) is 1. The van der Waals surface area contributed by atoms with Gasteiger partial charge in [0.15, 0.2) is 0 Å². The van der Waals surface area contributed by atoms with E-state index in [1.165, 1.54) is 11.1 Å². The summed E-state index contributed by atoms with van der Waals surface area (Å²) in [7, 11) is 0. The average molecular weight is 192 g/mol. The van der Waals surface area contributed by atoms with Crippen molar-refractivity contribution in [3.05, 3.63) is 34.9 Å². The summed E-state index contributed by atoms with van der Waals surface area (Å²) in [6.07, 6.45) is 0. The third kappa shape index (κ3) is 2.36. The maximum Gasteiger partial charge on any atom is 0.0840 e. The largest absolute Gasteiger partial charge is 0.386 e. The molecule has 0 aliphatic carbocycles. The molecular weight excluding hydrogens is 172 g/mol. The van der Waals surface area contributed by atoms with E-state index in [9.17, 15) is 5.11 Å². The molecule has 0 bridgehead atoms. The lowest BCUT2D eigenvalue weighted by Gasteiger charge is -2.20. The van der Waals surface area contributed by atoms with E-state index in [1.54, 1.807) is 0 Å². The van der Waals surface area contributed by atoms with Gasteiger partial charge in [0.2, 0.25) is 0 Å². The van der Waals surface area contributed by atoms with Gasteiger partial charge < -0.3 is 5.11 Å². The minimum Gasteiger partial charge on any atom is -0.386 e. The average Bonchev–Trinajstić information content (AvgIpc) is 2.02. The van der Waals surface area contributed by atoms with Gasteiger partial charge in [-0.3, -0.25) is 0 Å². The van der Waals surface area contributed by atoms with Gasteiger partial charge in [-0.05, 0) is 43.4 Å². The van der Waals surface area contributed by atoms with Gasteiger partial charge >= 0.3 is 0 Å². The molecule has 1 N–H and O–H groups in total. The molecule has 1 aromatic carbocycles. The highest BCUT2D eigenvalue weighted by atomic mass is 16.3. The summed E-state index contributed by atoms with van der Waals surface area (Å²) < 4.78 is 0. The Bertz CT molecular complexity index is 318. The van der Waals surface area contributed by atoms with Gasteiger partial charge in [-0.15, -0.1) is 0 Å². The smallest absolute Gasteiger partial charge is 0.0840 e. The first-order chi connectivity index (χ1) is 6.32. The molecular formula is C13H20O. The number of benzene rings is 1. The zero-order chi connectivity index (χ0) is 10.9. The predicted octanol–water partition coefficient (Wildman–Crippen LogP) is 3.35. The van der Waals surface area contributed by atoms with Crippen LogP contribution in [0.5, 0.6) is 0 Å². The topological polar surface area (TPSA) is 20.2 Å². The third-order valence-electron chi connectivity index (χ3n) is 2.61. The third-order valence-corrected chi connectivity index (χ3v) is 2.61. The molecule has 0 saturated heterocycles. The fourth-order valence-electron chi connectivity index (χ4n) is 1.64. The molecule has 0 aliphatic heterocycles. The normalized spacial score (nSPS) is 12.2. The van der Waals surface area contributed by atoms with E-state index in [0.29, 0.717) is 5.92 Å². The van der Waals surface area contributed by atoms with Crippen molar-refractivity contribution in [3.63, 3.8) is 0 Å². The molecule has 0 radical (unpaired) electrons. The summed E-state index contributed by atoms with van der Waals surface area (Å²) in [5, 5.41) is 9.89. The highest BCUT2D eigenvalue weighted by molar-refractivity contribution is 5.35. The summed E-state index contributed by atoms with van der Waals surface area (Å²) in [5.41, 5.74) is 2.88. The van der Waals surface area contributed by atoms with Crippen LogP contribution in [-0.4, -0.2) is 5.11 Å².